The molecule has 0 radical (unpaired) electrons. The van der Waals surface area contributed by atoms with Crippen LogP contribution in [0.5, 0.6) is 0 Å². The van der Waals surface area contributed by atoms with Crippen molar-refractivity contribution in [2.75, 3.05) is 38.3 Å². The third-order valence-corrected chi connectivity index (χ3v) is 4.53. The van der Waals surface area contributed by atoms with Crippen LogP contribution in [0, 0.1) is 10.1 Å². The Bertz CT molecular complexity index is 882. The van der Waals surface area contributed by atoms with E-state index in [-0.39, 0.29) is 5.69 Å². The molecule has 1 fully saturated rings. The number of nitro groups is 1. The maximum atomic E-state index is 12.4. The van der Waals surface area contributed by atoms with Crippen molar-refractivity contribution in [3.05, 3.63) is 69.8 Å². The lowest BCUT2D eigenvalue weighted by atomic mass is 10.1. The Balaban J connectivity index is 1.78. The van der Waals surface area contributed by atoms with Crippen LogP contribution < -0.4 is 10.3 Å². The Morgan fingerprint density at radius 2 is 2.00 bits per heavy atom. The van der Waals surface area contributed by atoms with Crippen molar-refractivity contribution in [1.29, 1.82) is 0 Å². The van der Waals surface area contributed by atoms with Gasteiger partial charge in [-0.15, -0.1) is 0 Å². The molecule has 1 saturated heterocycles. The predicted octanol–water partition coefficient (Wildman–Crippen LogP) is 2.27. The fourth-order valence-electron chi connectivity index (χ4n) is 3.10. The number of carbonyl (C=O) groups excluding carboxylic acids is 1. The van der Waals surface area contributed by atoms with Crippen LogP contribution in [0.15, 0.2) is 53.6 Å². The first-order chi connectivity index (χ1) is 14.1. The molecule has 1 atom stereocenters. The number of nitrogens with zero attached hydrogens (tertiary/aromatic N) is 3. The molecule has 0 unspecified atom stereocenters. The molecule has 2 aromatic carbocycles. The van der Waals surface area contributed by atoms with Crippen molar-refractivity contribution in [1.82, 2.24) is 5.43 Å². The molecule has 0 aromatic heterocycles. The first-order valence-electron chi connectivity index (χ1n) is 9.12. The van der Waals surface area contributed by atoms with Gasteiger partial charge in [0.15, 0.2) is 6.10 Å². The zero-order chi connectivity index (χ0) is 20.6. The largest absolute Gasteiger partial charge is 0.378 e. The number of hydrogen-bond acceptors (Lipinski definition) is 7. The molecule has 1 aliphatic rings. The van der Waals surface area contributed by atoms with Gasteiger partial charge < -0.3 is 14.4 Å². The van der Waals surface area contributed by atoms with Gasteiger partial charge in [0, 0.05) is 43.6 Å². The van der Waals surface area contributed by atoms with E-state index in [9.17, 15) is 14.9 Å². The quantitative estimate of drug-likeness (QED) is 0.436. The van der Waals surface area contributed by atoms with Crippen molar-refractivity contribution >= 4 is 23.5 Å². The van der Waals surface area contributed by atoms with Gasteiger partial charge in [-0.05, 0) is 11.6 Å². The molecule has 29 heavy (non-hydrogen) atoms. The number of ether oxygens (including phenoxy) is 2. The van der Waals surface area contributed by atoms with Crippen LogP contribution >= 0.6 is 0 Å². The summed E-state index contributed by atoms with van der Waals surface area (Å²) in [6.07, 6.45) is 0.602. The smallest absolute Gasteiger partial charge is 0.273 e. The highest BCUT2D eigenvalue weighted by Gasteiger charge is 2.20. The van der Waals surface area contributed by atoms with E-state index in [1.54, 1.807) is 18.2 Å². The summed E-state index contributed by atoms with van der Waals surface area (Å²) in [5.41, 5.74) is 4.44. The van der Waals surface area contributed by atoms with Crippen LogP contribution in [-0.4, -0.2) is 50.5 Å². The van der Waals surface area contributed by atoms with Gasteiger partial charge in [0.1, 0.15) is 0 Å². The second-order valence-electron chi connectivity index (χ2n) is 6.36. The number of amides is 1. The molecule has 0 spiro atoms. The first kappa shape index (κ1) is 20.4. The molecule has 3 rings (SSSR count). The predicted molar refractivity (Wildman–Crippen MR) is 108 cm³/mol. The second-order valence-corrected chi connectivity index (χ2v) is 6.36. The number of hydrogen-bond donors (Lipinski definition) is 1. The molecular weight excluding hydrogens is 376 g/mol. The van der Waals surface area contributed by atoms with Gasteiger partial charge in [-0.3, -0.25) is 14.9 Å². The molecule has 9 heteroatoms. The maximum absolute atomic E-state index is 12.4. The van der Waals surface area contributed by atoms with Gasteiger partial charge in [0.25, 0.3) is 11.6 Å². The highest BCUT2D eigenvalue weighted by atomic mass is 16.6. The SMILES string of the molecule is CO[C@H](C(=O)N/N=C\c1cc([N+](=O)[O-])ccc1N1CCOCC1)c1ccccc1. The molecule has 1 amide bonds. The monoisotopic (exact) mass is 398 g/mol. The van der Waals surface area contributed by atoms with E-state index in [4.69, 9.17) is 9.47 Å². The Kier molecular flexibility index (Phi) is 6.88. The fourth-order valence-corrected chi connectivity index (χ4v) is 3.10. The Morgan fingerprint density at radius 1 is 1.28 bits per heavy atom. The minimum Gasteiger partial charge on any atom is -0.378 e. The van der Waals surface area contributed by atoms with Gasteiger partial charge in [-0.1, -0.05) is 30.3 Å². The van der Waals surface area contributed by atoms with E-state index in [0.29, 0.717) is 37.4 Å². The van der Waals surface area contributed by atoms with Crippen LogP contribution in [0.1, 0.15) is 17.2 Å². The normalized spacial score (nSPS) is 15.3. The molecule has 9 nitrogen and oxygen atoms in total. The molecule has 152 valence electrons. The van der Waals surface area contributed by atoms with Gasteiger partial charge >= 0.3 is 0 Å². The molecule has 1 aliphatic heterocycles. The number of methoxy groups -OCH3 is 1. The minimum atomic E-state index is -0.808. The van der Waals surface area contributed by atoms with Crippen molar-refractivity contribution in [3.8, 4) is 0 Å². The average molecular weight is 398 g/mol. The van der Waals surface area contributed by atoms with Crippen molar-refractivity contribution < 1.29 is 19.2 Å². The number of non-ortho nitro benzene ring substituents is 1. The summed E-state index contributed by atoms with van der Waals surface area (Å²) in [5.74, 6) is -0.437. The van der Waals surface area contributed by atoms with Crippen molar-refractivity contribution in [3.63, 3.8) is 0 Å². The number of hydrazone groups is 1. The summed E-state index contributed by atoms with van der Waals surface area (Å²) >= 11 is 0. The van der Waals surface area contributed by atoms with Crippen LogP contribution in [0.2, 0.25) is 0 Å². The zero-order valence-corrected chi connectivity index (χ0v) is 16.0. The highest BCUT2D eigenvalue weighted by Crippen LogP contribution is 2.25. The summed E-state index contributed by atoms with van der Waals surface area (Å²) in [5, 5.41) is 15.2. The fraction of sp³-hybridized carbons (Fsp3) is 0.300. The molecule has 0 aliphatic carbocycles. The second kappa shape index (κ2) is 9.76. The number of anilines is 1. The Labute approximate surface area is 168 Å². The number of morpholine rings is 1. The number of rotatable bonds is 7. The van der Waals surface area contributed by atoms with E-state index < -0.39 is 16.9 Å². The summed E-state index contributed by atoms with van der Waals surface area (Å²) in [7, 11) is 1.44. The maximum Gasteiger partial charge on any atom is 0.273 e. The number of benzene rings is 2. The number of nitrogens with one attached hydrogen (secondary N) is 1. The molecule has 0 bridgehead atoms. The number of carbonyl (C=O) groups is 1. The molecule has 1 heterocycles. The van der Waals surface area contributed by atoms with Crippen molar-refractivity contribution in [2.24, 2.45) is 5.10 Å². The van der Waals surface area contributed by atoms with Gasteiger partial charge in [0.2, 0.25) is 0 Å². The van der Waals surface area contributed by atoms with Crippen LogP contribution in [-0.2, 0) is 14.3 Å². The molecule has 2 aromatic rings. The van der Waals surface area contributed by atoms with E-state index in [0.717, 1.165) is 5.69 Å². The lowest BCUT2D eigenvalue weighted by Crippen LogP contribution is -2.36. The standard InChI is InChI=1S/C20H22N4O5/c1-28-19(15-5-3-2-4-6-15)20(25)22-21-14-16-13-17(24(26)27)7-8-18(16)23-9-11-29-12-10-23/h2-8,13-14,19H,9-12H2,1H3,(H,22,25)/b21-14-/t19-/m0/s1. The third-order valence-electron chi connectivity index (χ3n) is 4.53. The Morgan fingerprint density at radius 3 is 2.66 bits per heavy atom. The Hall–Kier alpha value is -3.30. The van der Waals surface area contributed by atoms with Gasteiger partial charge in [-0.2, -0.15) is 5.10 Å². The zero-order valence-electron chi connectivity index (χ0n) is 16.0. The van der Waals surface area contributed by atoms with Crippen LogP contribution in [0.25, 0.3) is 0 Å². The van der Waals surface area contributed by atoms with E-state index in [1.807, 2.05) is 18.2 Å². The summed E-state index contributed by atoms with van der Waals surface area (Å²) in [4.78, 5) is 25.2. The summed E-state index contributed by atoms with van der Waals surface area (Å²) in [6.45, 7) is 2.50. The lowest BCUT2D eigenvalue weighted by Gasteiger charge is -2.29. The minimum absolute atomic E-state index is 0.0474. The highest BCUT2D eigenvalue weighted by molar-refractivity contribution is 5.90. The molecule has 0 saturated carbocycles. The lowest BCUT2D eigenvalue weighted by molar-refractivity contribution is -0.384. The first-order valence-corrected chi connectivity index (χ1v) is 9.12. The van der Waals surface area contributed by atoms with E-state index in [2.05, 4.69) is 15.4 Å². The van der Waals surface area contributed by atoms with Gasteiger partial charge in [-0.25, -0.2) is 5.43 Å². The van der Waals surface area contributed by atoms with Crippen molar-refractivity contribution in [2.45, 2.75) is 6.10 Å². The average Bonchev–Trinajstić information content (AvgIpc) is 2.75. The number of nitro benzene ring substituents is 1. The van der Waals surface area contributed by atoms with Crippen LogP contribution in [0.4, 0.5) is 11.4 Å². The van der Waals surface area contributed by atoms with E-state index in [1.165, 1.54) is 25.5 Å². The van der Waals surface area contributed by atoms with Crippen LogP contribution in [0.3, 0.4) is 0 Å². The summed E-state index contributed by atoms with van der Waals surface area (Å²) < 4.78 is 10.6. The molecule has 1 N–H and O–H groups in total. The molecular formula is C20H22N4O5. The topological polar surface area (TPSA) is 106 Å². The third kappa shape index (κ3) is 5.15. The van der Waals surface area contributed by atoms with E-state index >= 15 is 0 Å². The van der Waals surface area contributed by atoms with Gasteiger partial charge in [0.05, 0.1) is 24.4 Å². The summed E-state index contributed by atoms with van der Waals surface area (Å²) in [6, 6.07) is 13.6.